The van der Waals surface area contributed by atoms with Crippen molar-refractivity contribution in [3.05, 3.63) is 22.1 Å². The molecule has 130 valence electrons. The van der Waals surface area contributed by atoms with E-state index in [1.54, 1.807) is 0 Å². The minimum atomic E-state index is -5.78. The van der Waals surface area contributed by atoms with Gasteiger partial charge in [0.1, 0.15) is 5.56 Å². The summed E-state index contributed by atoms with van der Waals surface area (Å²) in [6, 6.07) is -0.737. The maximum atomic E-state index is 12.8. The van der Waals surface area contributed by atoms with Crippen molar-refractivity contribution in [3.63, 3.8) is 0 Å². The number of aromatic nitrogens is 2. The first-order valence-electron chi connectivity index (χ1n) is 6.25. The second kappa shape index (κ2) is 7.28. The van der Waals surface area contributed by atoms with E-state index >= 15 is 0 Å². The number of rotatable bonds is 7. The molecule has 1 rings (SSSR count). The van der Waals surface area contributed by atoms with Crippen molar-refractivity contribution in [1.29, 1.82) is 0 Å². The molecule has 0 spiro atoms. The van der Waals surface area contributed by atoms with Crippen LogP contribution >= 0.6 is 11.8 Å². The van der Waals surface area contributed by atoms with E-state index in [9.17, 15) is 31.5 Å². The van der Waals surface area contributed by atoms with E-state index in [0.717, 1.165) is 13.2 Å². The molecule has 0 saturated heterocycles. The molecule has 0 radical (unpaired) electrons. The number of hydrogen-bond acceptors (Lipinski definition) is 5. The third-order valence-corrected chi connectivity index (χ3v) is 3.54. The lowest BCUT2D eigenvalue weighted by atomic mass is 10.2. The van der Waals surface area contributed by atoms with Crippen LogP contribution in [0.15, 0.2) is 11.0 Å². The number of carbonyl (C=O) groups is 1. The molecule has 1 aromatic heterocycles. The minimum absolute atomic E-state index is 0.0275. The first-order chi connectivity index (χ1) is 10.5. The van der Waals surface area contributed by atoms with Gasteiger partial charge in [-0.05, 0) is 5.75 Å². The van der Waals surface area contributed by atoms with Crippen molar-refractivity contribution in [3.8, 4) is 6.01 Å². The Balaban J connectivity index is 2.94. The Morgan fingerprint density at radius 3 is 2.48 bits per heavy atom. The number of hydrogen-bond donors (Lipinski definition) is 0. The largest absolute Gasteiger partial charge is 0.458 e. The van der Waals surface area contributed by atoms with Gasteiger partial charge in [-0.3, -0.25) is 14.2 Å². The second-order valence-electron chi connectivity index (χ2n) is 4.37. The predicted octanol–water partition coefficient (Wildman–Crippen LogP) is 2.29. The number of ketones is 1. The Kier molecular flexibility index (Phi) is 6.14. The zero-order valence-corrected chi connectivity index (χ0v) is 12.9. The van der Waals surface area contributed by atoms with E-state index < -0.39 is 36.1 Å². The second-order valence-corrected chi connectivity index (χ2v) is 5.64. The number of halogens is 5. The van der Waals surface area contributed by atoms with Gasteiger partial charge in [0.2, 0.25) is 0 Å². The summed E-state index contributed by atoms with van der Waals surface area (Å²) in [5.74, 6) is -4.93. The number of Topliss-reactive ketones (excluding diaryl/α,β-unsaturated/α-hetero) is 1. The topological polar surface area (TPSA) is 61.2 Å². The summed E-state index contributed by atoms with van der Waals surface area (Å²) < 4.78 is 66.6. The monoisotopic (exact) mass is 360 g/mol. The van der Waals surface area contributed by atoms with Crippen molar-refractivity contribution in [2.75, 3.05) is 18.1 Å². The fourth-order valence-electron chi connectivity index (χ4n) is 1.36. The van der Waals surface area contributed by atoms with E-state index in [1.165, 1.54) is 11.8 Å². The summed E-state index contributed by atoms with van der Waals surface area (Å²) >= 11 is 1.27. The molecular weight excluding hydrogens is 347 g/mol. The predicted molar refractivity (Wildman–Crippen MR) is 73.3 cm³/mol. The van der Waals surface area contributed by atoms with Crippen LogP contribution in [0.3, 0.4) is 0 Å². The maximum Gasteiger partial charge on any atom is 0.456 e. The molecule has 0 aromatic carbocycles. The van der Waals surface area contributed by atoms with E-state index in [0.29, 0.717) is 10.3 Å². The lowest BCUT2D eigenvalue weighted by molar-refractivity contribution is -0.290. The van der Waals surface area contributed by atoms with E-state index in [1.807, 2.05) is 6.92 Å². The van der Waals surface area contributed by atoms with Gasteiger partial charge >= 0.3 is 12.1 Å². The van der Waals surface area contributed by atoms with Crippen LogP contribution in [0.1, 0.15) is 17.3 Å². The third-order valence-electron chi connectivity index (χ3n) is 2.66. The number of alkyl halides is 5. The highest BCUT2D eigenvalue weighted by Gasteiger charge is 2.58. The first-order valence-corrected chi connectivity index (χ1v) is 7.41. The summed E-state index contributed by atoms with van der Waals surface area (Å²) in [5.41, 5.74) is -1.17. The quantitative estimate of drug-likeness (QED) is 0.552. The van der Waals surface area contributed by atoms with Crippen LogP contribution in [0.5, 0.6) is 6.01 Å². The van der Waals surface area contributed by atoms with Gasteiger partial charge in [-0.1, -0.05) is 6.92 Å². The van der Waals surface area contributed by atoms with Gasteiger partial charge in [-0.25, -0.2) is 4.98 Å². The molecule has 5 nitrogen and oxygen atoms in total. The van der Waals surface area contributed by atoms with Crippen LogP contribution in [-0.2, 0) is 7.05 Å². The Labute approximate surface area is 131 Å². The number of carbonyl (C=O) groups excluding carboxylic acids is 1. The lowest BCUT2D eigenvalue weighted by Gasteiger charge is -2.20. The Hall–Kier alpha value is -1.65. The summed E-state index contributed by atoms with van der Waals surface area (Å²) in [5, 5.41) is 0. The molecular formula is C12H13F5N2O3S. The molecule has 0 bridgehead atoms. The smallest absolute Gasteiger partial charge is 0.456 e. The van der Waals surface area contributed by atoms with E-state index in [4.69, 9.17) is 0 Å². The van der Waals surface area contributed by atoms with Crippen molar-refractivity contribution in [2.45, 2.75) is 19.0 Å². The van der Waals surface area contributed by atoms with Gasteiger partial charge in [0.25, 0.3) is 11.6 Å². The fraction of sp³-hybridized carbons (Fsp3) is 0.583. The fourth-order valence-corrected chi connectivity index (χ4v) is 1.91. The van der Waals surface area contributed by atoms with Crippen LogP contribution in [0.25, 0.3) is 0 Å². The summed E-state index contributed by atoms with van der Waals surface area (Å²) in [6.45, 7) is -0.207. The van der Waals surface area contributed by atoms with Gasteiger partial charge in [-0.15, -0.1) is 0 Å². The van der Waals surface area contributed by atoms with Crippen LogP contribution < -0.4 is 10.3 Å². The Bertz CT molecular complexity index is 630. The zero-order valence-electron chi connectivity index (χ0n) is 12.1. The minimum Gasteiger partial charge on any atom is -0.458 e. The molecule has 0 atom stereocenters. The van der Waals surface area contributed by atoms with Crippen LogP contribution in [0.4, 0.5) is 22.0 Å². The molecule has 0 fully saturated rings. The zero-order chi connectivity index (χ0) is 17.8. The molecule has 0 saturated carbocycles. The summed E-state index contributed by atoms with van der Waals surface area (Å²) in [4.78, 5) is 27.1. The van der Waals surface area contributed by atoms with Gasteiger partial charge in [0, 0.05) is 13.2 Å². The molecule has 0 aliphatic rings. The van der Waals surface area contributed by atoms with Crippen molar-refractivity contribution in [2.24, 2.45) is 7.05 Å². The first kappa shape index (κ1) is 19.4. The van der Waals surface area contributed by atoms with Gasteiger partial charge in [0.15, 0.2) is 12.4 Å². The highest BCUT2D eigenvalue weighted by molar-refractivity contribution is 7.99. The third kappa shape index (κ3) is 4.66. The molecule has 1 heterocycles. The van der Waals surface area contributed by atoms with Crippen LogP contribution in [-0.4, -0.2) is 45.5 Å². The molecule has 0 aliphatic carbocycles. The molecule has 23 heavy (non-hydrogen) atoms. The van der Waals surface area contributed by atoms with Gasteiger partial charge < -0.3 is 4.74 Å². The average Bonchev–Trinajstić information content (AvgIpc) is 2.45. The van der Waals surface area contributed by atoms with E-state index in [-0.39, 0.29) is 11.3 Å². The maximum absolute atomic E-state index is 12.8. The standard InChI is InChI=1S/C12H13F5N2O3S/c1-3-23-5-8(20)7-4-18-10(19(2)9(7)21)22-6-11(13,14)12(15,16)17/h4H,3,5-6H2,1-2H3. The number of ether oxygens (including phenoxy) is 1. The SMILES string of the molecule is CCSCC(=O)c1cnc(OCC(F)(F)C(F)(F)F)n(C)c1=O. The Morgan fingerprint density at radius 2 is 1.96 bits per heavy atom. The average molecular weight is 360 g/mol. The number of thioether (sulfide) groups is 1. The van der Waals surface area contributed by atoms with Crippen molar-refractivity contribution < 1.29 is 31.5 Å². The number of nitrogens with zero attached hydrogens (tertiary/aromatic N) is 2. The van der Waals surface area contributed by atoms with Gasteiger partial charge in [-0.2, -0.15) is 33.7 Å². The molecule has 1 aromatic rings. The van der Waals surface area contributed by atoms with Gasteiger partial charge in [0.05, 0.1) is 5.75 Å². The molecule has 0 amide bonds. The van der Waals surface area contributed by atoms with E-state index in [2.05, 4.69) is 9.72 Å². The molecule has 11 heteroatoms. The van der Waals surface area contributed by atoms with Crippen molar-refractivity contribution in [1.82, 2.24) is 9.55 Å². The van der Waals surface area contributed by atoms with Crippen LogP contribution in [0, 0.1) is 0 Å². The molecule has 0 unspecified atom stereocenters. The summed E-state index contributed by atoms with van der Waals surface area (Å²) in [7, 11) is 1.06. The lowest BCUT2D eigenvalue weighted by Crippen LogP contribution is -2.42. The summed E-state index contributed by atoms with van der Waals surface area (Å²) in [6.07, 6.45) is -4.97. The molecule has 0 aliphatic heterocycles. The Morgan fingerprint density at radius 1 is 1.35 bits per heavy atom. The van der Waals surface area contributed by atoms with Crippen molar-refractivity contribution >= 4 is 17.5 Å². The highest BCUT2D eigenvalue weighted by atomic mass is 32.2. The normalized spacial score (nSPS) is 12.3. The van der Waals surface area contributed by atoms with Crippen LogP contribution in [0.2, 0.25) is 0 Å². The molecule has 0 N–H and O–H groups in total. The highest BCUT2D eigenvalue weighted by Crippen LogP contribution is 2.35.